The van der Waals surface area contributed by atoms with E-state index in [2.05, 4.69) is 144 Å². The Morgan fingerprint density at radius 2 is 0.825 bits per heavy atom. The van der Waals surface area contributed by atoms with Crippen molar-refractivity contribution in [3.05, 3.63) is 200 Å². The van der Waals surface area contributed by atoms with Gasteiger partial charge in [0.05, 0.1) is 22.2 Å². The van der Waals surface area contributed by atoms with Gasteiger partial charge in [0.2, 0.25) is 0 Å². The zero-order valence-electron chi connectivity index (χ0n) is 30.8. The molecule has 11 rings (SSSR count). The fraction of sp³-hybridized carbons (Fsp3) is 0. The van der Waals surface area contributed by atoms with Crippen LogP contribution in [-0.4, -0.2) is 24.5 Å². The molecule has 0 amide bonds. The third-order valence-corrected chi connectivity index (χ3v) is 10.8. The lowest BCUT2D eigenvalue weighted by Crippen LogP contribution is -2.00. The van der Waals surface area contributed by atoms with Crippen LogP contribution in [0.4, 0.5) is 0 Å². The van der Waals surface area contributed by atoms with Crippen LogP contribution in [-0.2, 0) is 0 Å². The average molecular weight is 728 g/mol. The van der Waals surface area contributed by atoms with Crippen LogP contribution >= 0.6 is 0 Å². The fourth-order valence-corrected chi connectivity index (χ4v) is 8.17. The predicted molar refractivity (Wildman–Crippen MR) is 234 cm³/mol. The second-order valence-electron chi connectivity index (χ2n) is 14.2. The maximum atomic E-state index is 5.53. The lowest BCUT2D eigenvalue weighted by Gasteiger charge is -2.14. The summed E-state index contributed by atoms with van der Waals surface area (Å²) in [5.74, 6) is 1.90. The molecule has 0 bridgehead atoms. The van der Waals surface area contributed by atoms with Crippen molar-refractivity contribution in [1.82, 2.24) is 24.5 Å². The number of hydrogen-bond acceptors (Lipinski definition) is 4. The highest BCUT2D eigenvalue weighted by atomic mass is 15.0. The summed E-state index contributed by atoms with van der Waals surface area (Å²) in [6.07, 6.45) is 0. The van der Waals surface area contributed by atoms with Crippen molar-refractivity contribution in [2.45, 2.75) is 0 Å². The van der Waals surface area contributed by atoms with Gasteiger partial charge in [-0.3, -0.25) is 0 Å². The van der Waals surface area contributed by atoms with Gasteiger partial charge in [-0.2, -0.15) is 0 Å². The molecule has 11 aromatic rings. The van der Waals surface area contributed by atoms with Crippen LogP contribution in [0.2, 0.25) is 0 Å². The number of benzene rings is 8. The summed E-state index contributed by atoms with van der Waals surface area (Å²) < 4.78 is 2.37. The van der Waals surface area contributed by atoms with E-state index in [1.807, 2.05) is 60.7 Å². The highest BCUT2D eigenvalue weighted by Gasteiger charge is 2.20. The summed E-state index contributed by atoms with van der Waals surface area (Å²) in [6.45, 7) is 0. The van der Waals surface area contributed by atoms with Gasteiger partial charge in [0.25, 0.3) is 0 Å². The van der Waals surface area contributed by atoms with Gasteiger partial charge in [-0.15, -0.1) is 0 Å². The summed E-state index contributed by atoms with van der Waals surface area (Å²) in [4.78, 5) is 20.4. The van der Waals surface area contributed by atoms with Gasteiger partial charge < -0.3 is 4.57 Å². The van der Waals surface area contributed by atoms with Gasteiger partial charge in [-0.05, 0) is 52.9 Å². The van der Waals surface area contributed by atoms with E-state index in [0.717, 1.165) is 66.6 Å². The Hall–Kier alpha value is -7.76. The SMILES string of the molecule is c1ccc(-c2nc(-c3ccccc3)nc(-c3cccc(-c4ccc5c(c4)nc(-c4ccccc4)c4c5ccc5c4c4ccccc4n5-c4ccccc4)c3)n2)cc1. The van der Waals surface area contributed by atoms with E-state index in [4.69, 9.17) is 19.9 Å². The number of nitrogens with zero attached hydrogens (tertiary/aromatic N) is 5. The van der Waals surface area contributed by atoms with Crippen LogP contribution in [0.15, 0.2) is 200 Å². The van der Waals surface area contributed by atoms with E-state index in [-0.39, 0.29) is 0 Å². The molecule has 0 aliphatic heterocycles. The van der Waals surface area contributed by atoms with Gasteiger partial charge in [0, 0.05) is 49.5 Å². The Bertz CT molecular complexity index is 3210. The van der Waals surface area contributed by atoms with Crippen LogP contribution in [0.1, 0.15) is 0 Å². The zero-order chi connectivity index (χ0) is 37.7. The molecule has 0 aliphatic rings. The van der Waals surface area contributed by atoms with Gasteiger partial charge >= 0.3 is 0 Å². The molecule has 266 valence electrons. The molecule has 57 heavy (non-hydrogen) atoms. The molecule has 0 saturated heterocycles. The smallest absolute Gasteiger partial charge is 0.164 e. The zero-order valence-corrected chi connectivity index (χ0v) is 30.8. The summed E-state index contributed by atoms with van der Waals surface area (Å²) in [6, 6.07) is 69.7. The molecule has 8 aromatic carbocycles. The lowest BCUT2D eigenvalue weighted by molar-refractivity contribution is 1.07. The van der Waals surface area contributed by atoms with Crippen LogP contribution in [0.3, 0.4) is 0 Å². The van der Waals surface area contributed by atoms with E-state index in [0.29, 0.717) is 17.5 Å². The van der Waals surface area contributed by atoms with E-state index in [1.54, 1.807) is 0 Å². The average Bonchev–Trinajstić information content (AvgIpc) is 3.64. The first-order valence-corrected chi connectivity index (χ1v) is 19.1. The molecule has 5 heteroatoms. The molecule has 0 saturated carbocycles. The number of pyridine rings is 1. The molecule has 5 nitrogen and oxygen atoms in total. The summed E-state index contributed by atoms with van der Waals surface area (Å²) >= 11 is 0. The molecule has 0 unspecified atom stereocenters. The Balaban J connectivity index is 1.10. The molecule has 0 radical (unpaired) electrons. The topological polar surface area (TPSA) is 56.5 Å². The van der Waals surface area contributed by atoms with Crippen molar-refractivity contribution in [3.63, 3.8) is 0 Å². The lowest BCUT2D eigenvalue weighted by atomic mass is 9.94. The summed E-state index contributed by atoms with van der Waals surface area (Å²) in [7, 11) is 0. The van der Waals surface area contributed by atoms with Gasteiger partial charge in [0.15, 0.2) is 17.5 Å². The Kier molecular flexibility index (Phi) is 7.74. The maximum absolute atomic E-state index is 5.53. The standard InChI is InChI=1S/C52H33N5/c1-5-16-34(17-6-1)49-48-42(30-31-46-47(48)43-26-13-14-27-45(43)57(46)40-24-11-4-12-25-40)41-29-28-38(33-44(41)53-49)37-22-15-23-39(32-37)52-55-50(35-18-7-2-8-19-35)54-51(56-52)36-20-9-3-10-21-36/h1-33H. The molecule has 0 spiro atoms. The van der Waals surface area contributed by atoms with Crippen molar-refractivity contribution in [1.29, 1.82) is 0 Å². The number of fused-ring (bicyclic) bond motifs is 7. The minimum absolute atomic E-state index is 0.625. The van der Waals surface area contributed by atoms with Crippen molar-refractivity contribution < 1.29 is 0 Å². The molecular formula is C52H33N5. The molecule has 3 heterocycles. The minimum atomic E-state index is 0.625. The summed E-state index contributed by atoms with van der Waals surface area (Å²) in [5, 5.41) is 5.86. The molecule has 0 fully saturated rings. The Labute approximate surface area is 329 Å². The first-order chi connectivity index (χ1) is 28.3. The third kappa shape index (κ3) is 5.64. The van der Waals surface area contributed by atoms with Crippen molar-refractivity contribution in [2.75, 3.05) is 0 Å². The Morgan fingerprint density at radius 3 is 1.51 bits per heavy atom. The first kappa shape index (κ1) is 32.7. The predicted octanol–water partition coefficient (Wildman–Crippen LogP) is 13.0. The third-order valence-electron chi connectivity index (χ3n) is 10.8. The highest BCUT2D eigenvalue weighted by Crippen LogP contribution is 2.43. The number of rotatable bonds is 6. The second kappa shape index (κ2) is 13.5. The Morgan fingerprint density at radius 1 is 0.298 bits per heavy atom. The van der Waals surface area contributed by atoms with Crippen LogP contribution in [0.25, 0.3) is 106 Å². The van der Waals surface area contributed by atoms with E-state index in [9.17, 15) is 0 Å². The van der Waals surface area contributed by atoms with E-state index < -0.39 is 0 Å². The summed E-state index contributed by atoms with van der Waals surface area (Å²) in [5.41, 5.74) is 11.4. The number of hydrogen-bond donors (Lipinski definition) is 0. The highest BCUT2D eigenvalue weighted by molar-refractivity contribution is 6.28. The van der Waals surface area contributed by atoms with Crippen molar-refractivity contribution in [3.8, 4) is 62.2 Å². The minimum Gasteiger partial charge on any atom is -0.309 e. The number of aromatic nitrogens is 5. The number of para-hydroxylation sites is 2. The van der Waals surface area contributed by atoms with Crippen LogP contribution < -0.4 is 0 Å². The van der Waals surface area contributed by atoms with Gasteiger partial charge in [-0.1, -0.05) is 164 Å². The van der Waals surface area contributed by atoms with Gasteiger partial charge in [-0.25, -0.2) is 19.9 Å². The largest absolute Gasteiger partial charge is 0.309 e. The molecule has 0 aliphatic carbocycles. The van der Waals surface area contributed by atoms with Gasteiger partial charge in [0.1, 0.15) is 0 Å². The second-order valence-corrected chi connectivity index (χ2v) is 14.2. The molecule has 0 atom stereocenters. The van der Waals surface area contributed by atoms with Crippen molar-refractivity contribution >= 4 is 43.5 Å². The van der Waals surface area contributed by atoms with E-state index in [1.165, 1.54) is 21.7 Å². The quantitative estimate of drug-likeness (QED) is 0.160. The fourth-order valence-electron chi connectivity index (χ4n) is 8.17. The monoisotopic (exact) mass is 727 g/mol. The first-order valence-electron chi connectivity index (χ1n) is 19.1. The normalized spacial score (nSPS) is 11.5. The molecular weight excluding hydrogens is 695 g/mol. The molecule has 0 N–H and O–H groups in total. The van der Waals surface area contributed by atoms with Crippen LogP contribution in [0, 0.1) is 0 Å². The van der Waals surface area contributed by atoms with E-state index >= 15 is 0 Å². The van der Waals surface area contributed by atoms with Crippen LogP contribution in [0.5, 0.6) is 0 Å². The van der Waals surface area contributed by atoms with Crippen molar-refractivity contribution in [2.24, 2.45) is 0 Å². The molecule has 3 aromatic heterocycles. The maximum Gasteiger partial charge on any atom is 0.164 e.